The summed E-state index contributed by atoms with van der Waals surface area (Å²) in [5.41, 5.74) is 0.583. The summed E-state index contributed by atoms with van der Waals surface area (Å²) in [6, 6.07) is 3.52. The first-order chi connectivity index (χ1) is 20.0. The van der Waals surface area contributed by atoms with E-state index in [1.807, 2.05) is 6.92 Å². The van der Waals surface area contributed by atoms with Gasteiger partial charge in [0.25, 0.3) is 8.32 Å². The lowest BCUT2D eigenvalue weighted by molar-refractivity contribution is -0.131. The van der Waals surface area contributed by atoms with Crippen molar-refractivity contribution in [2.75, 3.05) is 0 Å². The smallest absolute Gasteiger partial charge is 0.319 e. The molecule has 2 nitrogen and oxygen atoms in total. The number of carbonyl (C=O) groups is 1. The molecule has 0 aliphatic heterocycles. The number of unbranched alkanes of at least 4 members (excludes halogenated alkanes) is 25. The van der Waals surface area contributed by atoms with Crippen molar-refractivity contribution in [2.45, 2.75) is 226 Å². The van der Waals surface area contributed by atoms with Gasteiger partial charge >= 0.3 is 5.97 Å². The van der Waals surface area contributed by atoms with Gasteiger partial charge < -0.3 is 4.43 Å². The molecule has 0 aromatic heterocycles. The van der Waals surface area contributed by atoms with Crippen LogP contribution in [-0.4, -0.2) is 14.3 Å². The van der Waals surface area contributed by atoms with Gasteiger partial charge in [-0.05, 0) is 25.1 Å². The summed E-state index contributed by atoms with van der Waals surface area (Å²) >= 11 is 0. The van der Waals surface area contributed by atoms with Gasteiger partial charge in [0, 0.05) is 5.57 Å². The molecule has 0 aromatic carbocycles. The van der Waals surface area contributed by atoms with Crippen molar-refractivity contribution >= 4 is 14.3 Å². The molecule has 0 saturated carbocycles. The predicted octanol–water partition coefficient (Wildman–Crippen LogP) is 14.0. The molecule has 0 aliphatic rings. The van der Waals surface area contributed by atoms with Gasteiger partial charge in [-0.15, -0.1) is 0 Å². The van der Waals surface area contributed by atoms with Crippen LogP contribution in [0.3, 0.4) is 0 Å². The summed E-state index contributed by atoms with van der Waals surface area (Å²) in [5, 5.41) is 0. The normalized spacial score (nSPS) is 11.7. The summed E-state index contributed by atoms with van der Waals surface area (Å²) in [6.07, 6.45) is 38.2. The van der Waals surface area contributed by atoms with E-state index >= 15 is 0 Å². The van der Waals surface area contributed by atoms with E-state index in [9.17, 15) is 4.79 Å². The Bertz CT molecular complexity index is 557. The molecule has 0 spiro atoms. The zero-order chi connectivity index (χ0) is 30.3. The Kier molecular flexibility index (Phi) is 30.4. The largest absolute Gasteiger partial charge is 0.516 e. The van der Waals surface area contributed by atoms with E-state index in [-0.39, 0.29) is 5.97 Å². The number of hydrogen-bond acceptors (Lipinski definition) is 2. The molecule has 0 fully saturated rings. The Hall–Kier alpha value is -0.573. The molecule has 0 saturated heterocycles. The maximum atomic E-state index is 12.8. The number of carbonyl (C=O) groups excluding carboxylic acids is 1. The Morgan fingerprint density at radius 1 is 0.439 bits per heavy atom. The van der Waals surface area contributed by atoms with Crippen molar-refractivity contribution in [3.63, 3.8) is 0 Å². The van der Waals surface area contributed by atoms with Crippen molar-refractivity contribution in [1.29, 1.82) is 0 Å². The van der Waals surface area contributed by atoms with Crippen molar-refractivity contribution in [2.24, 2.45) is 0 Å². The molecule has 0 amide bonds. The molecule has 0 N–H and O–H groups in total. The van der Waals surface area contributed by atoms with Gasteiger partial charge in [-0.3, -0.25) is 0 Å². The summed E-state index contributed by atoms with van der Waals surface area (Å²) < 4.78 is 6.48. The third kappa shape index (κ3) is 26.8. The molecule has 41 heavy (non-hydrogen) atoms. The van der Waals surface area contributed by atoms with E-state index in [2.05, 4.69) is 27.4 Å². The summed E-state index contributed by atoms with van der Waals surface area (Å²) in [6.45, 7) is 12.6. The Labute approximate surface area is 260 Å². The highest BCUT2D eigenvalue weighted by Crippen LogP contribution is 2.32. The maximum absolute atomic E-state index is 12.8. The van der Waals surface area contributed by atoms with Crippen LogP contribution >= 0.6 is 0 Å². The van der Waals surface area contributed by atoms with Gasteiger partial charge in [0.15, 0.2) is 0 Å². The fraction of sp³-hybridized carbons (Fsp3) is 0.921. The predicted molar refractivity (Wildman–Crippen MR) is 187 cm³/mol. The van der Waals surface area contributed by atoms with E-state index in [1.165, 1.54) is 198 Å². The second kappa shape index (κ2) is 30.9. The highest BCUT2D eigenvalue weighted by molar-refractivity contribution is 6.75. The van der Waals surface area contributed by atoms with Crippen LogP contribution in [0.25, 0.3) is 0 Å². The molecule has 0 rings (SSSR count). The quantitative estimate of drug-likeness (QED) is 0.0430. The molecular formula is C38H76O2Si. The minimum Gasteiger partial charge on any atom is -0.516 e. The Morgan fingerprint density at radius 3 is 0.878 bits per heavy atom. The van der Waals surface area contributed by atoms with Crippen LogP contribution in [-0.2, 0) is 9.22 Å². The third-order valence-corrected chi connectivity index (χ3v) is 13.5. The molecular weight excluding hydrogens is 517 g/mol. The molecule has 0 bridgehead atoms. The van der Waals surface area contributed by atoms with Gasteiger partial charge in [-0.25, -0.2) is 4.79 Å². The van der Waals surface area contributed by atoms with E-state index in [1.54, 1.807) is 0 Å². The summed E-state index contributed by atoms with van der Waals surface area (Å²) in [7, 11) is -2.08. The van der Waals surface area contributed by atoms with Crippen molar-refractivity contribution in [3.8, 4) is 0 Å². The first-order valence-corrected chi connectivity index (χ1v) is 21.4. The lowest BCUT2D eigenvalue weighted by atomic mass is 10.0. The SMILES string of the molecule is C=C(C)C(=O)O[Si](CCCCCCCC)(CCCCCCCC)CCCCCCCCCCCCCCCCCC. The number of hydrogen-bond donors (Lipinski definition) is 0. The second-order valence-electron chi connectivity index (χ2n) is 13.4. The Balaban J connectivity index is 4.44. The summed E-state index contributed by atoms with van der Waals surface area (Å²) in [4.78, 5) is 12.8. The topological polar surface area (TPSA) is 26.3 Å². The molecule has 0 unspecified atom stereocenters. The lowest BCUT2D eigenvalue weighted by Gasteiger charge is -2.32. The average molecular weight is 593 g/mol. The molecule has 0 atom stereocenters. The number of rotatable bonds is 33. The Morgan fingerprint density at radius 2 is 0.659 bits per heavy atom. The average Bonchev–Trinajstić information content (AvgIpc) is 2.96. The van der Waals surface area contributed by atoms with Gasteiger partial charge in [-0.1, -0.05) is 207 Å². The zero-order valence-electron chi connectivity index (χ0n) is 28.9. The standard InChI is InChI=1S/C38H76O2Si/c1-6-9-12-15-18-19-20-21-22-23-24-25-26-27-30-33-36-41(40-38(39)37(4)5,34-31-28-16-13-10-7-2)35-32-29-17-14-11-8-3/h4,6-36H2,1-3,5H3. The minimum atomic E-state index is -2.08. The summed E-state index contributed by atoms with van der Waals surface area (Å²) in [5.74, 6) is -0.106. The first-order valence-electron chi connectivity index (χ1n) is 18.9. The molecule has 3 heteroatoms. The molecule has 0 aromatic rings. The zero-order valence-corrected chi connectivity index (χ0v) is 29.9. The van der Waals surface area contributed by atoms with Gasteiger partial charge in [0.2, 0.25) is 0 Å². The second-order valence-corrected chi connectivity index (χ2v) is 17.5. The van der Waals surface area contributed by atoms with Gasteiger partial charge in [0.1, 0.15) is 0 Å². The molecule has 0 radical (unpaired) electrons. The lowest BCUT2D eigenvalue weighted by Crippen LogP contribution is -2.40. The van der Waals surface area contributed by atoms with Crippen LogP contribution in [0, 0.1) is 0 Å². The highest BCUT2D eigenvalue weighted by atomic mass is 28.4. The van der Waals surface area contributed by atoms with E-state index < -0.39 is 8.32 Å². The molecule has 0 aliphatic carbocycles. The van der Waals surface area contributed by atoms with Gasteiger partial charge in [-0.2, -0.15) is 0 Å². The minimum absolute atomic E-state index is 0.106. The van der Waals surface area contributed by atoms with Crippen LogP contribution < -0.4 is 0 Å². The van der Waals surface area contributed by atoms with E-state index in [0.29, 0.717) is 5.57 Å². The van der Waals surface area contributed by atoms with Crippen LogP contribution in [0.2, 0.25) is 18.1 Å². The van der Waals surface area contributed by atoms with E-state index in [4.69, 9.17) is 4.43 Å². The monoisotopic (exact) mass is 593 g/mol. The van der Waals surface area contributed by atoms with Gasteiger partial charge in [0.05, 0.1) is 0 Å². The fourth-order valence-corrected chi connectivity index (χ4v) is 10.6. The van der Waals surface area contributed by atoms with Crippen molar-refractivity contribution in [1.82, 2.24) is 0 Å². The maximum Gasteiger partial charge on any atom is 0.319 e. The highest BCUT2D eigenvalue weighted by Gasteiger charge is 2.37. The molecule has 0 heterocycles. The van der Waals surface area contributed by atoms with Crippen molar-refractivity contribution < 1.29 is 9.22 Å². The van der Waals surface area contributed by atoms with Crippen LogP contribution in [0.4, 0.5) is 0 Å². The van der Waals surface area contributed by atoms with Crippen LogP contribution in [0.15, 0.2) is 12.2 Å². The van der Waals surface area contributed by atoms with Crippen LogP contribution in [0.1, 0.15) is 207 Å². The van der Waals surface area contributed by atoms with Crippen LogP contribution in [0.5, 0.6) is 0 Å². The third-order valence-electron chi connectivity index (χ3n) is 9.12. The fourth-order valence-electron chi connectivity index (χ4n) is 6.26. The first kappa shape index (κ1) is 40.4. The molecule has 244 valence electrons. The van der Waals surface area contributed by atoms with E-state index in [0.717, 1.165) is 0 Å². The van der Waals surface area contributed by atoms with Crippen molar-refractivity contribution in [3.05, 3.63) is 12.2 Å².